The van der Waals surface area contributed by atoms with Gasteiger partial charge in [-0.3, -0.25) is 0 Å². The van der Waals surface area contributed by atoms with Gasteiger partial charge in [-0.25, -0.2) is 25.6 Å². The first kappa shape index (κ1) is 17.1. The number of benzene rings is 1. The van der Waals surface area contributed by atoms with E-state index in [0.717, 1.165) is 0 Å². The molecule has 1 aliphatic heterocycles. The van der Waals surface area contributed by atoms with Crippen LogP contribution in [0.4, 0.5) is 22.0 Å². The summed E-state index contributed by atoms with van der Waals surface area (Å²) in [5.74, 6) is -1.73. The van der Waals surface area contributed by atoms with Crippen LogP contribution in [0.25, 0.3) is 0 Å². The first-order valence-electron chi connectivity index (χ1n) is 5.62. The number of hydrogen-bond donors (Lipinski definition) is 0. The quantitative estimate of drug-likeness (QED) is 0.761. The Morgan fingerprint density at radius 2 is 1.64 bits per heavy atom. The van der Waals surface area contributed by atoms with Gasteiger partial charge >= 0.3 is 5.51 Å². The molecule has 0 N–H and O–H groups in total. The maximum atomic E-state index is 13.4. The van der Waals surface area contributed by atoms with E-state index in [4.69, 9.17) is 0 Å². The lowest BCUT2D eigenvalue weighted by Gasteiger charge is -2.33. The first-order chi connectivity index (χ1) is 9.87. The lowest BCUT2D eigenvalue weighted by Crippen LogP contribution is -2.51. The third-order valence-corrected chi connectivity index (χ3v) is 6.27. The molecule has 5 nitrogen and oxygen atoms in total. The number of rotatable bonds is 3. The SMILES string of the molecule is O=S(=O)(c1ccc(F)c(S(=O)(=O)C(F)(F)F)c1)N1CC(F)C1. The Kier molecular flexibility index (Phi) is 3.99. The van der Waals surface area contributed by atoms with Crippen molar-refractivity contribution in [3.8, 4) is 0 Å². The molecule has 0 bridgehead atoms. The summed E-state index contributed by atoms with van der Waals surface area (Å²) in [6.07, 6.45) is -1.41. The van der Waals surface area contributed by atoms with Gasteiger partial charge < -0.3 is 0 Å². The molecule has 0 spiro atoms. The molecule has 0 amide bonds. The zero-order valence-electron chi connectivity index (χ0n) is 10.5. The average molecular weight is 365 g/mol. The zero-order valence-corrected chi connectivity index (χ0v) is 12.1. The van der Waals surface area contributed by atoms with Gasteiger partial charge in [0.25, 0.3) is 9.84 Å². The van der Waals surface area contributed by atoms with E-state index in [2.05, 4.69) is 0 Å². The molecule has 12 heteroatoms. The molecule has 0 radical (unpaired) electrons. The minimum Gasteiger partial charge on any atom is -0.245 e. The summed E-state index contributed by atoms with van der Waals surface area (Å²) < 4.78 is 110. The summed E-state index contributed by atoms with van der Waals surface area (Å²) >= 11 is 0. The van der Waals surface area contributed by atoms with Crippen molar-refractivity contribution in [3.63, 3.8) is 0 Å². The summed E-state index contributed by atoms with van der Waals surface area (Å²) in [5.41, 5.74) is -5.78. The molecule has 0 atom stereocenters. The van der Waals surface area contributed by atoms with Gasteiger partial charge in [-0.1, -0.05) is 0 Å². The van der Waals surface area contributed by atoms with Crippen molar-refractivity contribution in [3.05, 3.63) is 24.0 Å². The molecule has 0 aromatic heterocycles. The monoisotopic (exact) mass is 365 g/mol. The molecule has 1 aromatic carbocycles. The van der Waals surface area contributed by atoms with E-state index in [1.807, 2.05) is 0 Å². The average Bonchev–Trinajstić information content (AvgIpc) is 2.33. The van der Waals surface area contributed by atoms with E-state index in [1.54, 1.807) is 0 Å². The van der Waals surface area contributed by atoms with Gasteiger partial charge in [0.15, 0.2) is 0 Å². The molecule has 124 valence electrons. The van der Waals surface area contributed by atoms with Crippen LogP contribution < -0.4 is 0 Å². The normalized spacial score (nSPS) is 18.2. The van der Waals surface area contributed by atoms with Crippen molar-refractivity contribution in [1.82, 2.24) is 4.31 Å². The van der Waals surface area contributed by atoms with Gasteiger partial charge in [0.05, 0.1) is 4.90 Å². The van der Waals surface area contributed by atoms with Gasteiger partial charge in [-0.2, -0.15) is 17.5 Å². The fourth-order valence-corrected chi connectivity index (χ4v) is 4.16. The fraction of sp³-hybridized carbons (Fsp3) is 0.400. The number of halogens is 5. The van der Waals surface area contributed by atoms with Gasteiger partial charge in [0.2, 0.25) is 10.0 Å². The second-order valence-corrected chi connectivity index (χ2v) is 8.31. The minimum absolute atomic E-state index is 0.0824. The minimum atomic E-state index is -6.05. The molecular weight excluding hydrogens is 357 g/mol. The highest BCUT2D eigenvalue weighted by Crippen LogP contribution is 2.33. The van der Waals surface area contributed by atoms with E-state index >= 15 is 0 Å². The third kappa shape index (κ3) is 2.70. The number of hydrogen-bond acceptors (Lipinski definition) is 4. The largest absolute Gasteiger partial charge is 0.502 e. The molecule has 22 heavy (non-hydrogen) atoms. The van der Waals surface area contributed by atoms with E-state index in [0.29, 0.717) is 16.4 Å². The van der Waals surface area contributed by atoms with Crippen LogP contribution in [0, 0.1) is 5.82 Å². The number of sulfonamides is 1. The van der Waals surface area contributed by atoms with Crippen LogP contribution in [0.2, 0.25) is 0 Å². The van der Waals surface area contributed by atoms with Crippen LogP contribution >= 0.6 is 0 Å². The molecule has 0 aliphatic carbocycles. The molecule has 1 aromatic rings. The lowest BCUT2D eigenvalue weighted by molar-refractivity contribution is -0.0437. The van der Waals surface area contributed by atoms with Gasteiger partial charge in [0.1, 0.15) is 16.9 Å². The molecule has 1 fully saturated rings. The summed E-state index contributed by atoms with van der Waals surface area (Å²) in [7, 11) is -10.4. The third-order valence-electron chi connectivity index (χ3n) is 2.94. The van der Waals surface area contributed by atoms with E-state index in [9.17, 15) is 38.8 Å². The fourth-order valence-electron chi connectivity index (χ4n) is 1.71. The van der Waals surface area contributed by atoms with E-state index in [-0.39, 0.29) is 6.07 Å². The maximum absolute atomic E-state index is 13.4. The van der Waals surface area contributed by atoms with Crippen LogP contribution in [0.1, 0.15) is 0 Å². The first-order valence-corrected chi connectivity index (χ1v) is 8.55. The van der Waals surface area contributed by atoms with Crippen LogP contribution in [0.5, 0.6) is 0 Å². The topological polar surface area (TPSA) is 71.5 Å². The summed E-state index contributed by atoms with van der Waals surface area (Å²) in [6, 6.07) is 1.00. The van der Waals surface area contributed by atoms with Crippen molar-refractivity contribution >= 4 is 19.9 Å². The molecule has 0 saturated carbocycles. The smallest absolute Gasteiger partial charge is 0.245 e. The van der Waals surface area contributed by atoms with Gasteiger partial charge in [-0.15, -0.1) is 0 Å². The molecule has 1 heterocycles. The van der Waals surface area contributed by atoms with Crippen molar-refractivity contribution in [2.24, 2.45) is 0 Å². The van der Waals surface area contributed by atoms with Crippen LogP contribution in [0.15, 0.2) is 28.0 Å². The van der Waals surface area contributed by atoms with E-state index < -0.39 is 60.2 Å². The standard InChI is InChI=1S/C10H8F5NO4S2/c11-6-4-16(5-6)22(19,20)7-1-2-8(12)9(3-7)21(17,18)10(13,14)15/h1-3,6H,4-5H2. The van der Waals surface area contributed by atoms with Crippen LogP contribution in [-0.4, -0.2) is 45.9 Å². The molecule has 2 rings (SSSR count). The van der Waals surface area contributed by atoms with Crippen molar-refractivity contribution < 1.29 is 38.8 Å². The van der Waals surface area contributed by atoms with E-state index in [1.165, 1.54) is 0 Å². The number of nitrogens with zero attached hydrogens (tertiary/aromatic N) is 1. The van der Waals surface area contributed by atoms with Crippen molar-refractivity contribution in [2.75, 3.05) is 13.1 Å². The highest BCUT2D eigenvalue weighted by atomic mass is 32.2. The Hall–Kier alpha value is -1.27. The van der Waals surface area contributed by atoms with Crippen molar-refractivity contribution in [1.29, 1.82) is 0 Å². The summed E-state index contributed by atoms with van der Waals surface area (Å²) in [4.78, 5) is -2.65. The molecular formula is C10H8F5NO4S2. The zero-order chi connectivity index (χ0) is 16.9. The Bertz CT molecular complexity index is 797. The second kappa shape index (κ2) is 5.13. The Morgan fingerprint density at radius 3 is 2.09 bits per heavy atom. The molecule has 1 saturated heterocycles. The second-order valence-electron chi connectivity index (χ2n) is 4.46. The molecule has 0 unspecified atom stereocenters. The van der Waals surface area contributed by atoms with Gasteiger partial charge in [0, 0.05) is 13.1 Å². The van der Waals surface area contributed by atoms with Crippen LogP contribution in [-0.2, 0) is 19.9 Å². The van der Waals surface area contributed by atoms with Crippen LogP contribution in [0.3, 0.4) is 0 Å². The highest BCUT2D eigenvalue weighted by molar-refractivity contribution is 7.92. The number of alkyl halides is 4. The summed E-state index contributed by atoms with van der Waals surface area (Å²) in [5, 5.41) is 0. The summed E-state index contributed by atoms with van der Waals surface area (Å²) in [6.45, 7) is -0.998. The maximum Gasteiger partial charge on any atom is 0.502 e. The van der Waals surface area contributed by atoms with Crippen molar-refractivity contribution in [2.45, 2.75) is 21.5 Å². The number of sulfone groups is 1. The lowest BCUT2D eigenvalue weighted by atomic mass is 10.3. The Morgan fingerprint density at radius 1 is 1.09 bits per heavy atom. The predicted octanol–water partition coefficient (Wildman–Crippen LogP) is 1.46. The Labute approximate surface area is 122 Å². The molecule has 1 aliphatic rings. The van der Waals surface area contributed by atoms with Gasteiger partial charge in [-0.05, 0) is 18.2 Å². The Balaban J connectivity index is 2.53. The predicted molar refractivity (Wildman–Crippen MR) is 63.3 cm³/mol. The highest BCUT2D eigenvalue weighted by Gasteiger charge is 2.49.